The summed E-state index contributed by atoms with van der Waals surface area (Å²) in [6, 6.07) is 12.1. The van der Waals surface area contributed by atoms with Crippen LogP contribution in [0.2, 0.25) is 0 Å². The van der Waals surface area contributed by atoms with Crippen molar-refractivity contribution in [3.05, 3.63) is 60.0 Å². The van der Waals surface area contributed by atoms with E-state index in [4.69, 9.17) is 4.74 Å². The number of benzene rings is 2. The average molecular weight is 382 g/mol. The van der Waals surface area contributed by atoms with Gasteiger partial charge in [-0.15, -0.1) is 0 Å². The van der Waals surface area contributed by atoms with E-state index in [0.29, 0.717) is 16.8 Å². The van der Waals surface area contributed by atoms with Gasteiger partial charge in [-0.2, -0.15) is 0 Å². The summed E-state index contributed by atoms with van der Waals surface area (Å²) in [7, 11) is 0. The minimum atomic E-state index is -0.367. The van der Waals surface area contributed by atoms with Gasteiger partial charge in [0.2, 0.25) is 0 Å². The van der Waals surface area contributed by atoms with E-state index in [2.05, 4.69) is 20.9 Å². The van der Waals surface area contributed by atoms with Crippen molar-refractivity contribution in [2.45, 2.75) is 0 Å². The van der Waals surface area contributed by atoms with Crippen LogP contribution in [0.5, 0.6) is 0 Å². The number of nitrogens with zero attached hydrogens (tertiary/aromatic N) is 1. The molecule has 0 atom stereocenters. The molecule has 2 aromatic carbocycles. The number of ether oxygens (including phenoxy) is 1. The van der Waals surface area contributed by atoms with Gasteiger partial charge in [0.15, 0.2) is 0 Å². The molecule has 4 rings (SSSR count). The number of hydrogen-bond acceptors (Lipinski definition) is 5. The molecule has 3 N–H and O–H groups in total. The van der Waals surface area contributed by atoms with Crippen LogP contribution >= 0.6 is 0 Å². The number of rotatable bonds is 6. The predicted molar refractivity (Wildman–Crippen MR) is 109 cm³/mol. The van der Waals surface area contributed by atoms with Gasteiger partial charge in [-0.25, -0.2) is 4.39 Å². The Morgan fingerprint density at radius 3 is 2.64 bits per heavy atom. The monoisotopic (exact) mass is 382 g/mol. The second-order valence-corrected chi connectivity index (χ2v) is 6.80. The van der Waals surface area contributed by atoms with E-state index in [-0.39, 0.29) is 11.7 Å². The smallest absolute Gasteiger partial charge is 0.257 e. The summed E-state index contributed by atoms with van der Waals surface area (Å²) in [6.07, 6.45) is 1.61. The number of amides is 1. The van der Waals surface area contributed by atoms with Gasteiger partial charge in [-0.05, 0) is 42.5 Å². The number of carbonyl (C=O) groups is 1. The fraction of sp³-hybridized carbons (Fsp3) is 0.286. The largest absolute Gasteiger partial charge is 0.384 e. The maximum absolute atomic E-state index is 13.5. The number of halogens is 1. The SMILES string of the molecule is O=C1Nc2ccc(F)cc2/C1=C\Nc1ccc(NCCN2CCOCC2)cc1. The highest BCUT2D eigenvalue weighted by molar-refractivity contribution is 6.31. The number of fused-ring (bicyclic) bond motifs is 1. The van der Waals surface area contributed by atoms with Crippen LogP contribution in [0.15, 0.2) is 48.7 Å². The van der Waals surface area contributed by atoms with E-state index in [1.807, 2.05) is 24.3 Å². The third kappa shape index (κ3) is 4.32. The first-order valence-corrected chi connectivity index (χ1v) is 9.41. The van der Waals surface area contributed by atoms with Gasteiger partial charge < -0.3 is 20.7 Å². The summed E-state index contributed by atoms with van der Waals surface area (Å²) >= 11 is 0. The molecule has 2 aliphatic rings. The van der Waals surface area contributed by atoms with Gasteiger partial charge in [0.25, 0.3) is 5.91 Å². The number of nitrogens with one attached hydrogen (secondary N) is 3. The lowest BCUT2D eigenvalue weighted by Crippen LogP contribution is -2.38. The molecular formula is C21H23FN4O2. The second-order valence-electron chi connectivity index (χ2n) is 6.80. The minimum Gasteiger partial charge on any atom is -0.384 e. The van der Waals surface area contributed by atoms with Gasteiger partial charge in [0.05, 0.1) is 18.8 Å². The van der Waals surface area contributed by atoms with Crippen molar-refractivity contribution in [2.24, 2.45) is 0 Å². The molecule has 0 saturated carbocycles. The van der Waals surface area contributed by atoms with Crippen molar-refractivity contribution in [1.82, 2.24) is 4.90 Å². The van der Waals surface area contributed by atoms with Gasteiger partial charge in [-0.1, -0.05) is 0 Å². The molecule has 1 saturated heterocycles. The molecule has 2 aromatic rings. The molecule has 2 aliphatic heterocycles. The molecule has 0 radical (unpaired) electrons. The Morgan fingerprint density at radius 1 is 1.11 bits per heavy atom. The first kappa shape index (κ1) is 18.5. The highest BCUT2D eigenvalue weighted by Gasteiger charge is 2.24. The summed E-state index contributed by atoms with van der Waals surface area (Å²) in [6.45, 7) is 5.45. The Bertz CT molecular complexity index is 876. The Hall–Kier alpha value is -2.90. The summed E-state index contributed by atoms with van der Waals surface area (Å²) in [5.74, 6) is -0.608. The van der Waals surface area contributed by atoms with E-state index in [0.717, 1.165) is 50.8 Å². The summed E-state index contributed by atoms with van der Waals surface area (Å²) in [4.78, 5) is 14.5. The lowest BCUT2D eigenvalue weighted by molar-refractivity contribution is -0.110. The minimum absolute atomic E-state index is 0.241. The maximum atomic E-state index is 13.5. The summed E-state index contributed by atoms with van der Waals surface area (Å²) < 4.78 is 18.8. The van der Waals surface area contributed by atoms with Crippen LogP contribution in [-0.2, 0) is 9.53 Å². The Morgan fingerprint density at radius 2 is 1.86 bits per heavy atom. The second kappa shape index (κ2) is 8.41. The van der Waals surface area contributed by atoms with Gasteiger partial charge in [0, 0.05) is 55.0 Å². The molecule has 2 heterocycles. The summed E-state index contributed by atoms with van der Waals surface area (Å²) in [5.41, 5.74) is 3.50. The van der Waals surface area contributed by atoms with E-state index >= 15 is 0 Å². The number of carbonyl (C=O) groups excluding carboxylic acids is 1. The molecule has 0 bridgehead atoms. The molecule has 0 unspecified atom stereocenters. The molecule has 7 heteroatoms. The van der Waals surface area contributed by atoms with Crippen LogP contribution in [0.25, 0.3) is 5.57 Å². The molecule has 0 aromatic heterocycles. The van der Waals surface area contributed by atoms with Crippen LogP contribution in [0.4, 0.5) is 21.5 Å². The van der Waals surface area contributed by atoms with E-state index in [1.165, 1.54) is 12.1 Å². The molecular weight excluding hydrogens is 359 g/mol. The average Bonchev–Trinajstić information content (AvgIpc) is 3.02. The van der Waals surface area contributed by atoms with Crippen molar-refractivity contribution in [3.8, 4) is 0 Å². The molecule has 1 amide bonds. The molecule has 0 aliphatic carbocycles. The van der Waals surface area contributed by atoms with Gasteiger partial charge >= 0.3 is 0 Å². The maximum Gasteiger partial charge on any atom is 0.257 e. The summed E-state index contributed by atoms with van der Waals surface area (Å²) in [5, 5.41) is 9.26. The number of anilines is 3. The molecule has 28 heavy (non-hydrogen) atoms. The first-order chi connectivity index (χ1) is 13.7. The van der Waals surface area contributed by atoms with Crippen LogP contribution in [0, 0.1) is 5.82 Å². The van der Waals surface area contributed by atoms with Crippen LogP contribution in [-0.4, -0.2) is 50.2 Å². The van der Waals surface area contributed by atoms with E-state index in [9.17, 15) is 9.18 Å². The molecule has 0 spiro atoms. The van der Waals surface area contributed by atoms with Crippen molar-refractivity contribution < 1.29 is 13.9 Å². The quantitative estimate of drug-likeness (QED) is 0.671. The van der Waals surface area contributed by atoms with Crippen molar-refractivity contribution in [2.75, 3.05) is 55.3 Å². The standard InChI is InChI=1S/C21H23FN4O2/c22-15-1-6-20-18(13-15)19(21(27)25-20)14-24-17-4-2-16(3-5-17)23-7-8-26-9-11-28-12-10-26/h1-6,13-14,23-24H,7-12H2,(H,25,27)/b19-14+. The molecule has 1 fully saturated rings. The van der Waals surface area contributed by atoms with Crippen LogP contribution < -0.4 is 16.0 Å². The highest BCUT2D eigenvalue weighted by atomic mass is 19.1. The first-order valence-electron chi connectivity index (χ1n) is 9.41. The Balaban J connectivity index is 1.33. The van der Waals surface area contributed by atoms with Crippen LogP contribution in [0.3, 0.4) is 0 Å². The van der Waals surface area contributed by atoms with Crippen LogP contribution in [0.1, 0.15) is 5.56 Å². The Labute approximate surface area is 163 Å². The normalized spacial score (nSPS) is 18.0. The lowest BCUT2D eigenvalue weighted by atomic mass is 10.1. The number of morpholine rings is 1. The van der Waals surface area contributed by atoms with Crippen molar-refractivity contribution >= 4 is 28.5 Å². The molecule has 146 valence electrons. The Kier molecular flexibility index (Phi) is 5.55. The lowest BCUT2D eigenvalue weighted by Gasteiger charge is -2.26. The predicted octanol–water partition coefficient (Wildman–Crippen LogP) is 2.97. The fourth-order valence-corrected chi connectivity index (χ4v) is 3.33. The third-order valence-corrected chi connectivity index (χ3v) is 4.89. The van der Waals surface area contributed by atoms with Gasteiger partial charge in [0.1, 0.15) is 5.82 Å². The zero-order chi connectivity index (χ0) is 19.3. The fourth-order valence-electron chi connectivity index (χ4n) is 3.33. The van der Waals surface area contributed by atoms with E-state index < -0.39 is 0 Å². The van der Waals surface area contributed by atoms with Gasteiger partial charge in [-0.3, -0.25) is 9.69 Å². The highest BCUT2D eigenvalue weighted by Crippen LogP contribution is 2.32. The van der Waals surface area contributed by atoms with Crippen molar-refractivity contribution in [3.63, 3.8) is 0 Å². The number of hydrogen-bond donors (Lipinski definition) is 3. The topological polar surface area (TPSA) is 65.6 Å². The molecule has 6 nitrogen and oxygen atoms in total. The van der Waals surface area contributed by atoms with Crippen molar-refractivity contribution in [1.29, 1.82) is 0 Å². The zero-order valence-electron chi connectivity index (χ0n) is 15.5. The van der Waals surface area contributed by atoms with E-state index in [1.54, 1.807) is 12.3 Å². The third-order valence-electron chi connectivity index (χ3n) is 4.89. The zero-order valence-corrected chi connectivity index (χ0v) is 15.5.